The SMILES string of the molecule is CCCCCCCCCCCCCC(=O)O[C@H](CCCCCCCCCCC)CC(=O)NCCO[C@@H]1O[C@H](CO)[C@@H](OP)[C@H](OC(=O)C[C@@H](CCCCCCCCCCC)OC(=O)CCCCCCCCCCCCC)[C@H]1NC(=O)C[C@@H](CCCCCCCCCCC)OC(=O)CCCCCCCCCCCCC. The van der Waals surface area contributed by atoms with Crippen molar-refractivity contribution in [1.82, 2.24) is 10.6 Å². The summed E-state index contributed by atoms with van der Waals surface area (Å²) < 4.78 is 43.8. The van der Waals surface area contributed by atoms with E-state index in [-0.39, 0.29) is 69.1 Å². The fourth-order valence-corrected chi connectivity index (χ4v) is 15.7. The van der Waals surface area contributed by atoms with Crippen molar-refractivity contribution in [1.29, 1.82) is 0 Å². The van der Waals surface area contributed by atoms with E-state index in [2.05, 4.69) is 61.6 Å². The zero-order valence-corrected chi connectivity index (χ0v) is 73.0. The largest absolute Gasteiger partial charge is 0.462 e. The van der Waals surface area contributed by atoms with Crippen molar-refractivity contribution >= 4 is 45.2 Å². The topological polar surface area (TPSA) is 211 Å². The van der Waals surface area contributed by atoms with E-state index in [0.717, 1.165) is 128 Å². The molecule has 0 radical (unpaired) electrons. The van der Waals surface area contributed by atoms with Crippen LogP contribution in [0.5, 0.6) is 0 Å². The molecule has 0 spiro atoms. The maximum absolute atomic E-state index is 14.9. The normalized spacial score (nSPS) is 16.6. The minimum absolute atomic E-state index is 0.00366. The summed E-state index contributed by atoms with van der Waals surface area (Å²) in [5.74, 6) is -2.40. The minimum atomic E-state index is -1.33. The van der Waals surface area contributed by atoms with E-state index in [1.54, 1.807) is 0 Å². The Morgan fingerprint density at radius 2 is 0.606 bits per heavy atom. The number of amides is 2. The Morgan fingerprint density at radius 3 is 0.890 bits per heavy atom. The number of esters is 4. The molecule has 0 aliphatic carbocycles. The summed E-state index contributed by atoms with van der Waals surface area (Å²) in [5, 5.41) is 17.1. The van der Waals surface area contributed by atoms with Crippen LogP contribution < -0.4 is 10.6 Å². The molecule has 1 fully saturated rings. The van der Waals surface area contributed by atoms with Gasteiger partial charge in [-0.15, -0.1) is 0 Å². The molecule has 3 N–H and O–H groups in total. The van der Waals surface area contributed by atoms with Gasteiger partial charge in [-0.05, 0) is 57.8 Å². The highest BCUT2D eigenvalue weighted by molar-refractivity contribution is 7.09. The lowest BCUT2D eigenvalue weighted by Crippen LogP contribution is -2.66. The zero-order chi connectivity index (χ0) is 79.4. The van der Waals surface area contributed by atoms with Crippen molar-refractivity contribution in [2.75, 3.05) is 19.8 Å². The smallest absolute Gasteiger partial charge is 0.310 e. The quantitative estimate of drug-likeness (QED) is 0.0224. The summed E-state index contributed by atoms with van der Waals surface area (Å²) in [7, 11) is 2.21. The number of unbranched alkanes of at least 4 members (excludes halogenated alkanes) is 54. The number of carbonyl (C=O) groups excluding carboxylic acids is 6. The van der Waals surface area contributed by atoms with Gasteiger partial charge < -0.3 is 48.7 Å². The molecular weight excluding hydrogens is 1390 g/mol. The number of hydrogen-bond acceptors (Lipinski definition) is 14. The number of carbonyl (C=O) groups is 6. The molecule has 0 aromatic heterocycles. The van der Waals surface area contributed by atoms with Crippen molar-refractivity contribution in [3.05, 3.63) is 0 Å². The molecule has 0 aromatic carbocycles. The highest BCUT2D eigenvalue weighted by Gasteiger charge is 2.50. The number of nitrogens with one attached hydrogen (secondary N) is 2. The second-order valence-corrected chi connectivity index (χ2v) is 33.0. The molecule has 109 heavy (non-hydrogen) atoms. The Balaban J connectivity index is 3.55. The van der Waals surface area contributed by atoms with Crippen LogP contribution >= 0.6 is 9.47 Å². The van der Waals surface area contributed by atoms with E-state index < -0.39 is 67.4 Å². The van der Waals surface area contributed by atoms with E-state index in [0.29, 0.717) is 38.5 Å². The predicted molar refractivity (Wildman–Crippen MR) is 453 cm³/mol. The molecule has 1 saturated heterocycles. The minimum Gasteiger partial charge on any atom is -0.462 e. The summed E-state index contributed by atoms with van der Waals surface area (Å²) in [4.78, 5) is 84.3. The summed E-state index contributed by atoms with van der Waals surface area (Å²) >= 11 is 0. The lowest BCUT2D eigenvalue weighted by molar-refractivity contribution is -0.267. The number of aliphatic hydroxyl groups excluding tert-OH is 1. The molecule has 9 atom stereocenters. The van der Waals surface area contributed by atoms with E-state index >= 15 is 0 Å². The van der Waals surface area contributed by atoms with Gasteiger partial charge in [-0.25, -0.2) is 0 Å². The predicted octanol–water partition coefficient (Wildman–Crippen LogP) is 25.2. The van der Waals surface area contributed by atoms with Gasteiger partial charge in [0.05, 0.1) is 32.5 Å². The van der Waals surface area contributed by atoms with Gasteiger partial charge in [0.15, 0.2) is 12.4 Å². The molecule has 1 heterocycles. The Hall–Kier alpha value is -2.91. The van der Waals surface area contributed by atoms with Crippen LogP contribution in [0.15, 0.2) is 0 Å². The van der Waals surface area contributed by atoms with Gasteiger partial charge in [0.1, 0.15) is 36.6 Å². The number of aliphatic hydroxyl groups is 1. The third kappa shape index (κ3) is 64.0. The lowest BCUT2D eigenvalue weighted by Gasteiger charge is -2.45. The maximum atomic E-state index is 14.9. The van der Waals surface area contributed by atoms with Gasteiger partial charge >= 0.3 is 23.9 Å². The summed E-state index contributed by atoms with van der Waals surface area (Å²) in [5.41, 5.74) is 0. The molecule has 1 unspecified atom stereocenters. The van der Waals surface area contributed by atoms with Gasteiger partial charge in [-0.3, -0.25) is 28.8 Å². The third-order valence-electron chi connectivity index (χ3n) is 22.2. The first-order chi connectivity index (χ1) is 53.4. The molecule has 1 aliphatic rings. The molecule has 0 saturated carbocycles. The lowest BCUT2D eigenvalue weighted by atomic mass is 9.96. The van der Waals surface area contributed by atoms with Gasteiger partial charge in [0, 0.05) is 35.3 Å². The van der Waals surface area contributed by atoms with Crippen LogP contribution in [0.2, 0.25) is 0 Å². The van der Waals surface area contributed by atoms with Crippen LogP contribution in [-0.2, 0) is 61.7 Å². The van der Waals surface area contributed by atoms with Crippen molar-refractivity contribution in [3.63, 3.8) is 0 Å². The number of hydrogen-bond donors (Lipinski definition) is 3. The van der Waals surface area contributed by atoms with Crippen LogP contribution in [0.25, 0.3) is 0 Å². The van der Waals surface area contributed by atoms with Crippen molar-refractivity contribution in [2.24, 2.45) is 0 Å². The molecule has 17 heteroatoms. The van der Waals surface area contributed by atoms with E-state index in [9.17, 15) is 33.9 Å². The van der Waals surface area contributed by atoms with Crippen molar-refractivity contribution < 1.29 is 66.8 Å². The van der Waals surface area contributed by atoms with E-state index in [4.69, 9.17) is 32.9 Å². The Kier molecular flexibility index (Phi) is 75.4. The summed E-state index contributed by atoms with van der Waals surface area (Å²) in [6.45, 7) is 12.8. The van der Waals surface area contributed by atoms with Gasteiger partial charge in [0.2, 0.25) is 11.8 Å². The monoisotopic (exact) mass is 1560 g/mol. The Labute approximate surface area is 672 Å². The highest BCUT2D eigenvalue weighted by atomic mass is 31.0. The molecule has 0 aromatic rings. The van der Waals surface area contributed by atoms with Crippen LogP contribution in [-0.4, -0.2) is 110 Å². The average molecular weight is 1560 g/mol. The first-order valence-corrected chi connectivity index (χ1v) is 47.4. The Bertz CT molecular complexity index is 2070. The zero-order valence-electron chi connectivity index (χ0n) is 71.9. The molecule has 642 valence electrons. The Morgan fingerprint density at radius 1 is 0.339 bits per heavy atom. The van der Waals surface area contributed by atoms with E-state index in [1.165, 1.54) is 244 Å². The maximum Gasteiger partial charge on any atom is 0.310 e. The van der Waals surface area contributed by atoms with Crippen LogP contribution in [0, 0.1) is 0 Å². The van der Waals surface area contributed by atoms with Crippen molar-refractivity contribution in [2.45, 2.75) is 534 Å². The number of rotatable bonds is 83. The third-order valence-corrected chi connectivity index (χ3v) is 22.6. The first kappa shape index (κ1) is 104. The fraction of sp³-hybridized carbons (Fsp3) is 0.935. The second kappa shape index (κ2) is 79.0. The average Bonchev–Trinajstić information content (AvgIpc) is 0.789. The molecular formula is C92H175N2O14P. The second-order valence-electron chi connectivity index (χ2n) is 32.8. The molecule has 1 aliphatic heterocycles. The van der Waals surface area contributed by atoms with Crippen molar-refractivity contribution in [3.8, 4) is 0 Å². The van der Waals surface area contributed by atoms with Crippen LogP contribution in [0.1, 0.15) is 485 Å². The molecule has 2 amide bonds. The van der Waals surface area contributed by atoms with Gasteiger partial charge in [-0.1, -0.05) is 388 Å². The standard InChI is InChI=1S/C92H175N2O14P/c1-7-13-19-25-31-37-40-46-52-58-64-70-85(98)103-79(67-61-55-49-43-34-28-22-16-10-4)75-83(96)93-73-74-102-92-89(94-84(97)76-80(68-62-56-50-44-35-29-23-17-11-5)104-86(99)71-65-59-53-47-41-38-32-26-20-14-8-2)91(90(108-109)82(78-95)106-92)107-88(101)77-81(69-63-57-51-45-36-30-24-18-12-6)105-87(100)72-66-60-54-48-42-39-33-27-21-15-9-3/h79-82,89-92,95H,7-78,109H2,1-6H3,(H,93,96)(H,94,97)/t79-,80-,81-,82-,89-,90-,91-,92-/m1/s1. The summed E-state index contributed by atoms with van der Waals surface area (Å²) in [6, 6.07) is -1.22. The molecule has 0 bridgehead atoms. The van der Waals surface area contributed by atoms with Gasteiger partial charge in [-0.2, -0.15) is 0 Å². The molecule has 1 rings (SSSR count). The first-order valence-electron chi connectivity index (χ1n) is 47.0. The molecule has 16 nitrogen and oxygen atoms in total. The van der Waals surface area contributed by atoms with Gasteiger partial charge in [0.25, 0.3) is 0 Å². The van der Waals surface area contributed by atoms with E-state index in [1.807, 2.05) is 0 Å². The fourth-order valence-electron chi connectivity index (χ4n) is 15.3. The van der Waals surface area contributed by atoms with Crippen LogP contribution in [0.4, 0.5) is 0 Å². The summed E-state index contributed by atoms with van der Waals surface area (Å²) in [6.07, 6.45) is 64.0. The van der Waals surface area contributed by atoms with Crippen LogP contribution in [0.3, 0.4) is 0 Å². The number of ether oxygens (including phenoxy) is 6. The highest BCUT2D eigenvalue weighted by Crippen LogP contribution is 2.31.